The van der Waals surface area contributed by atoms with E-state index < -0.39 is 17.6 Å². The summed E-state index contributed by atoms with van der Waals surface area (Å²) >= 11 is 2.28. The van der Waals surface area contributed by atoms with Crippen molar-refractivity contribution in [3.05, 3.63) is 63.4 Å². The monoisotopic (exact) mass is 455 g/mol. The molecule has 0 fully saturated rings. The molecule has 0 spiro atoms. The Morgan fingerprint density at radius 3 is 2.72 bits per heavy atom. The van der Waals surface area contributed by atoms with E-state index in [1.54, 1.807) is 0 Å². The van der Waals surface area contributed by atoms with Gasteiger partial charge in [0.15, 0.2) is 11.6 Å². The summed E-state index contributed by atoms with van der Waals surface area (Å²) in [5.41, 5.74) is 2.33. The molecule has 3 aromatic rings. The largest absolute Gasteiger partial charge is 0.426 e. The lowest BCUT2D eigenvalue weighted by Crippen LogP contribution is -2.08. The van der Waals surface area contributed by atoms with E-state index in [0.717, 1.165) is 27.6 Å². The van der Waals surface area contributed by atoms with Gasteiger partial charge in [-0.15, -0.1) is 0 Å². The SMILES string of the molecule is Cn1cc(CCCC(=O)Oc2ccc(F)c(F)c2)c2cc(I)ccc21. The van der Waals surface area contributed by atoms with Crippen molar-refractivity contribution in [2.75, 3.05) is 0 Å². The highest BCUT2D eigenvalue weighted by molar-refractivity contribution is 14.1. The molecule has 3 rings (SSSR count). The van der Waals surface area contributed by atoms with E-state index in [2.05, 4.69) is 51.6 Å². The van der Waals surface area contributed by atoms with Crippen LogP contribution in [0.1, 0.15) is 18.4 Å². The van der Waals surface area contributed by atoms with Crippen LogP contribution in [0, 0.1) is 15.2 Å². The third-order valence-corrected chi connectivity index (χ3v) is 4.65. The fourth-order valence-corrected chi connectivity index (χ4v) is 3.28. The van der Waals surface area contributed by atoms with Crippen LogP contribution in [0.5, 0.6) is 5.75 Å². The van der Waals surface area contributed by atoms with Gasteiger partial charge in [0.05, 0.1) is 0 Å². The molecule has 0 unspecified atom stereocenters. The molecule has 0 bridgehead atoms. The normalized spacial score (nSPS) is 11.0. The zero-order valence-corrected chi connectivity index (χ0v) is 15.7. The first-order valence-electron chi connectivity index (χ1n) is 7.83. The van der Waals surface area contributed by atoms with Crippen LogP contribution < -0.4 is 4.74 Å². The average molecular weight is 455 g/mol. The quantitative estimate of drug-likeness (QED) is 0.309. The third kappa shape index (κ3) is 4.18. The molecule has 2 aromatic carbocycles. The first-order chi connectivity index (χ1) is 11.9. The number of fused-ring (bicyclic) bond motifs is 1. The maximum Gasteiger partial charge on any atom is 0.311 e. The number of esters is 1. The number of aromatic nitrogens is 1. The van der Waals surface area contributed by atoms with Gasteiger partial charge in [0.1, 0.15) is 5.75 Å². The van der Waals surface area contributed by atoms with Gasteiger partial charge in [0, 0.05) is 40.2 Å². The second-order valence-corrected chi connectivity index (χ2v) is 7.08. The Balaban J connectivity index is 1.60. The number of hydrogen-bond donors (Lipinski definition) is 0. The van der Waals surface area contributed by atoms with Crippen molar-refractivity contribution in [2.45, 2.75) is 19.3 Å². The van der Waals surface area contributed by atoms with Gasteiger partial charge in [-0.3, -0.25) is 4.79 Å². The van der Waals surface area contributed by atoms with Crippen molar-refractivity contribution in [1.82, 2.24) is 4.57 Å². The highest BCUT2D eigenvalue weighted by atomic mass is 127. The molecule has 3 nitrogen and oxygen atoms in total. The fraction of sp³-hybridized carbons (Fsp3) is 0.211. The summed E-state index contributed by atoms with van der Waals surface area (Å²) in [6.45, 7) is 0. The van der Waals surface area contributed by atoms with Crippen LogP contribution in [0.15, 0.2) is 42.6 Å². The number of ether oxygens (including phenoxy) is 1. The lowest BCUT2D eigenvalue weighted by molar-refractivity contribution is -0.134. The minimum atomic E-state index is -1.03. The van der Waals surface area contributed by atoms with E-state index in [4.69, 9.17) is 4.74 Å². The molecule has 1 heterocycles. The lowest BCUT2D eigenvalue weighted by Gasteiger charge is -2.05. The van der Waals surface area contributed by atoms with Gasteiger partial charge in [0.2, 0.25) is 0 Å². The summed E-state index contributed by atoms with van der Waals surface area (Å²) in [5.74, 6) is -2.44. The van der Waals surface area contributed by atoms with Crippen LogP contribution in [-0.2, 0) is 18.3 Å². The van der Waals surface area contributed by atoms with Gasteiger partial charge < -0.3 is 9.30 Å². The van der Waals surface area contributed by atoms with Gasteiger partial charge in [-0.2, -0.15) is 0 Å². The first-order valence-corrected chi connectivity index (χ1v) is 8.91. The van der Waals surface area contributed by atoms with Gasteiger partial charge in [0.25, 0.3) is 0 Å². The fourth-order valence-electron chi connectivity index (χ4n) is 2.79. The number of carbonyl (C=O) groups is 1. The van der Waals surface area contributed by atoms with Crippen molar-refractivity contribution in [3.63, 3.8) is 0 Å². The molecule has 0 saturated carbocycles. The Labute approximate surface area is 157 Å². The first kappa shape index (κ1) is 17.8. The van der Waals surface area contributed by atoms with Gasteiger partial charge in [-0.25, -0.2) is 8.78 Å². The topological polar surface area (TPSA) is 31.2 Å². The Hall–Kier alpha value is -1.96. The summed E-state index contributed by atoms with van der Waals surface area (Å²) in [7, 11) is 2.00. The number of carbonyl (C=O) groups excluding carboxylic acids is 1. The number of nitrogens with zero attached hydrogens (tertiary/aromatic N) is 1. The van der Waals surface area contributed by atoms with Gasteiger partial charge in [-0.1, -0.05) is 0 Å². The number of rotatable bonds is 5. The summed E-state index contributed by atoms with van der Waals surface area (Å²) in [4.78, 5) is 11.9. The van der Waals surface area contributed by atoms with Crippen LogP contribution in [0.4, 0.5) is 8.78 Å². The Morgan fingerprint density at radius 1 is 1.16 bits per heavy atom. The predicted octanol–water partition coefficient (Wildman–Crippen LogP) is 4.99. The molecule has 0 N–H and O–H groups in total. The van der Waals surface area contributed by atoms with Crippen LogP contribution >= 0.6 is 22.6 Å². The number of hydrogen-bond acceptors (Lipinski definition) is 2. The molecule has 0 aliphatic rings. The second kappa shape index (κ2) is 7.51. The van der Waals surface area contributed by atoms with E-state index >= 15 is 0 Å². The van der Waals surface area contributed by atoms with E-state index in [1.165, 1.54) is 17.0 Å². The minimum Gasteiger partial charge on any atom is -0.426 e. The highest BCUT2D eigenvalue weighted by Crippen LogP contribution is 2.24. The number of halogens is 3. The Kier molecular flexibility index (Phi) is 5.36. The van der Waals surface area contributed by atoms with Crippen LogP contribution in [0.2, 0.25) is 0 Å². The average Bonchev–Trinajstić information content (AvgIpc) is 2.86. The molecular formula is C19H16F2INO2. The molecule has 0 saturated heterocycles. The van der Waals surface area contributed by atoms with Gasteiger partial charge in [-0.05, 0) is 71.3 Å². The summed E-state index contributed by atoms with van der Waals surface area (Å²) in [5, 5.41) is 1.18. The third-order valence-electron chi connectivity index (χ3n) is 3.98. The molecule has 0 radical (unpaired) electrons. The van der Waals surface area contributed by atoms with Crippen LogP contribution in [-0.4, -0.2) is 10.5 Å². The smallest absolute Gasteiger partial charge is 0.311 e. The maximum absolute atomic E-state index is 13.1. The summed E-state index contributed by atoms with van der Waals surface area (Å²) in [6.07, 6.45) is 3.64. The molecule has 25 heavy (non-hydrogen) atoms. The van der Waals surface area contributed by atoms with Crippen LogP contribution in [0.3, 0.4) is 0 Å². The summed E-state index contributed by atoms with van der Waals surface area (Å²) < 4.78 is 34.3. The molecule has 6 heteroatoms. The molecule has 0 aliphatic heterocycles. The van der Waals surface area contributed by atoms with Crippen molar-refractivity contribution in [1.29, 1.82) is 0 Å². The van der Waals surface area contributed by atoms with Gasteiger partial charge >= 0.3 is 5.97 Å². The Morgan fingerprint density at radius 2 is 1.96 bits per heavy atom. The molecule has 0 atom stereocenters. The molecule has 0 aliphatic carbocycles. The van der Waals surface area contributed by atoms with E-state index in [1.807, 2.05) is 7.05 Å². The minimum absolute atomic E-state index is 0.0172. The van der Waals surface area contributed by atoms with Crippen molar-refractivity contribution >= 4 is 39.5 Å². The highest BCUT2D eigenvalue weighted by Gasteiger charge is 2.11. The molecule has 1 aromatic heterocycles. The lowest BCUT2D eigenvalue weighted by atomic mass is 10.1. The second-order valence-electron chi connectivity index (χ2n) is 5.83. The molecule has 130 valence electrons. The van der Waals surface area contributed by atoms with Crippen LogP contribution in [0.25, 0.3) is 10.9 Å². The molecule has 0 amide bonds. The molecular weight excluding hydrogens is 439 g/mol. The van der Waals surface area contributed by atoms with Crippen molar-refractivity contribution in [2.24, 2.45) is 7.05 Å². The Bertz CT molecular complexity index is 937. The zero-order valence-electron chi connectivity index (χ0n) is 13.6. The predicted molar refractivity (Wildman–Crippen MR) is 101 cm³/mol. The standard InChI is InChI=1S/C19H16F2INO2/c1-23-11-12(15-9-13(22)5-8-18(15)23)3-2-4-19(24)25-14-6-7-16(20)17(21)10-14/h5-11H,2-4H2,1H3. The number of aryl methyl sites for hydroxylation is 2. The zero-order chi connectivity index (χ0) is 18.0. The maximum atomic E-state index is 13.1. The number of benzene rings is 2. The van der Waals surface area contributed by atoms with E-state index in [9.17, 15) is 13.6 Å². The van der Waals surface area contributed by atoms with E-state index in [-0.39, 0.29) is 12.2 Å². The van der Waals surface area contributed by atoms with Crippen molar-refractivity contribution in [3.8, 4) is 5.75 Å². The van der Waals surface area contributed by atoms with Crippen molar-refractivity contribution < 1.29 is 18.3 Å². The van der Waals surface area contributed by atoms with E-state index in [0.29, 0.717) is 6.42 Å². The summed E-state index contributed by atoms with van der Waals surface area (Å²) in [6, 6.07) is 9.33.